The van der Waals surface area contributed by atoms with Gasteiger partial charge in [0.15, 0.2) is 0 Å². The maximum absolute atomic E-state index is 11.0. The third kappa shape index (κ3) is 4.07. The Balaban J connectivity index is 2.66. The van der Waals surface area contributed by atoms with Gasteiger partial charge in [0.05, 0.1) is 23.1 Å². The number of hydrogen-bond donors (Lipinski definition) is 2. The molecule has 0 heterocycles. The standard InChI is InChI=1S/C11H12BrNO4/c1-13-10(14)4-5-17-9-6-7(11(15)16)2-3-8(9)12/h2-3,6H,4-5H2,1H3,(H,13,14)(H,15,16). The summed E-state index contributed by atoms with van der Waals surface area (Å²) in [6.07, 6.45) is 0.222. The Morgan fingerprint density at radius 2 is 2.18 bits per heavy atom. The van der Waals surface area contributed by atoms with E-state index >= 15 is 0 Å². The van der Waals surface area contributed by atoms with Crippen LogP contribution < -0.4 is 10.1 Å². The fourth-order valence-corrected chi connectivity index (χ4v) is 1.49. The molecule has 0 aliphatic carbocycles. The minimum absolute atomic E-state index is 0.129. The molecule has 0 atom stereocenters. The molecule has 6 heteroatoms. The smallest absolute Gasteiger partial charge is 0.335 e. The summed E-state index contributed by atoms with van der Waals surface area (Å²) in [5.41, 5.74) is 0.142. The number of carboxylic acid groups (broad SMARTS) is 1. The Morgan fingerprint density at radius 3 is 2.76 bits per heavy atom. The van der Waals surface area contributed by atoms with Crippen molar-refractivity contribution in [1.29, 1.82) is 0 Å². The summed E-state index contributed by atoms with van der Waals surface area (Å²) < 4.78 is 5.98. The SMILES string of the molecule is CNC(=O)CCOc1cc(C(=O)O)ccc1Br. The average molecular weight is 302 g/mol. The van der Waals surface area contributed by atoms with Crippen molar-refractivity contribution in [2.45, 2.75) is 6.42 Å². The minimum Gasteiger partial charge on any atom is -0.492 e. The Bertz CT molecular complexity index is 433. The zero-order valence-electron chi connectivity index (χ0n) is 9.20. The number of nitrogens with one attached hydrogen (secondary N) is 1. The summed E-state index contributed by atoms with van der Waals surface area (Å²) in [4.78, 5) is 21.7. The van der Waals surface area contributed by atoms with E-state index in [1.54, 1.807) is 13.1 Å². The average Bonchev–Trinajstić information content (AvgIpc) is 2.30. The second-order valence-electron chi connectivity index (χ2n) is 3.22. The molecule has 2 N–H and O–H groups in total. The van der Waals surface area contributed by atoms with Crippen molar-refractivity contribution in [1.82, 2.24) is 5.32 Å². The Kier molecular flexibility index (Phi) is 4.96. The van der Waals surface area contributed by atoms with Crippen LogP contribution in [0.1, 0.15) is 16.8 Å². The van der Waals surface area contributed by atoms with Crippen LogP contribution in [-0.4, -0.2) is 30.6 Å². The number of hydrogen-bond acceptors (Lipinski definition) is 3. The first-order valence-corrected chi connectivity index (χ1v) is 5.70. The number of amides is 1. The van der Waals surface area contributed by atoms with Crippen LogP contribution in [0.25, 0.3) is 0 Å². The molecule has 0 aliphatic heterocycles. The molecule has 17 heavy (non-hydrogen) atoms. The highest BCUT2D eigenvalue weighted by Gasteiger charge is 2.08. The van der Waals surface area contributed by atoms with Crippen LogP contribution in [0.2, 0.25) is 0 Å². The Morgan fingerprint density at radius 1 is 1.47 bits per heavy atom. The van der Waals surface area contributed by atoms with Crippen molar-refractivity contribution < 1.29 is 19.4 Å². The van der Waals surface area contributed by atoms with Gasteiger partial charge < -0.3 is 15.2 Å². The van der Waals surface area contributed by atoms with Gasteiger partial charge in [0.2, 0.25) is 5.91 Å². The number of carbonyl (C=O) groups excluding carboxylic acids is 1. The highest BCUT2D eigenvalue weighted by atomic mass is 79.9. The zero-order chi connectivity index (χ0) is 12.8. The number of rotatable bonds is 5. The van der Waals surface area contributed by atoms with Gasteiger partial charge in [-0.15, -0.1) is 0 Å². The van der Waals surface area contributed by atoms with E-state index < -0.39 is 5.97 Å². The van der Waals surface area contributed by atoms with Crippen LogP contribution >= 0.6 is 15.9 Å². The van der Waals surface area contributed by atoms with Gasteiger partial charge in [-0.3, -0.25) is 4.79 Å². The molecule has 0 radical (unpaired) electrons. The second kappa shape index (κ2) is 6.24. The van der Waals surface area contributed by atoms with Crippen LogP contribution in [-0.2, 0) is 4.79 Å². The fraction of sp³-hybridized carbons (Fsp3) is 0.273. The van der Waals surface area contributed by atoms with E-state index in [9.17, 15) is 9.59 Å². The van der Waals surface area contributed by atoms with Gasteiger partial charge in [0.1, 0.15) is 5.75 Å². The summed E-state index contributed by atoms with van der Waals surface area (Å²) >= 11 is 3.25. The molecule has 0 aromatic heterocycles. The number of halogens is 1. The first-order chi connectivity index (χ1) is 8.04. The van der Waals surface area contributed by atoms with Gasteiger partial charge in [-0.25, -0.2) is 4.79 Å². The van der Waals surface area contributed by atoms with Gasteiger partial charge in [-0.1, -0.05) is 0 Å². The van der Waals surface area contributed by atoms with Crippen molar-refractivity contribution >= 4 is 27.8 Å². The molecular weight excluding hydrogens is 290 g/mol. The molecule has 0 fully saturated rings. The molecule has 1 aromatic carbocycles. The summed E-state index contributed by atoms with van der Waals surface area (Å²) in [5, 5.41) is 11.3. The lowest BCUT2D eigenvalue weighted by Crippen LogP contribution is -2.20. The molecule has 0 saturated carbocycles. The molecule has 92 valence electrons. The highest BCUT2D eigenvalue weighted by Crippen LogP contribution is 2.26. The summed E-state index contributed by atoms with van der Waals surface area (Å²) in [7, 11) is 1.54. The number of ether oxygens (including phenoxy) is 1. The third-order valence-corrected chi connectivity index (χ3v) is 2.70. The van der Waals surface area contributed by atoms with Crippen LogP contribution in [0.5, 0.6) is 5.75 Å². The van der Waals surface area contributed by atoms with Crippen molar-refractivity contribution in [3.63, 3.8) is 0 Å². The van der Waals surface area contributed by atoms with Gasteiger partial charge in [0, 0.05) is 7.05 Å². The molecule has 0 saturated heterocycles. The predicted molar refractivity (Wildman–Crippen MR) is 65.3 cm³/mol. The van der Waals surface area contributed by atoms with E-state index in [4.69, 9.17) is 9.84 Å². The van der Waals surface area contributed by atoms with Crippen LogP contribution in [0.4, 0.5) is 0 Å². The first kappa shape index (κ1) is 13.5. The van der Waals surface area contributed by atoms with E-state index in [1.165, 1.54) is 12.1 Å². The molecule has 0 bridgehead atoms. The normalized spacial score (nSPS) is 9.76. The lowest BCUT2D eigenvalue weighted by atomic mass is 10.2. The maximum atomic E-state index is 11.0. The summed E-state index contributed by atoms with van der Waals surface area (Å²) in [6.45, 7) is 0.196. The summed E-state index contributed by atoms with van der Waals surface area (Å²) in [6, 6.07) is 4.48. The molecule has 0 unspecified atom stereocenters. The van der Waals surface area contributed by atoms with Crippen molar-refractivity contribution in [2.75, 3.05) is 13.7 Å². The highest BCUT2D eigenvalue weighted by molar-refractivity contribution is 9.10. The van der Waals surface area contributed by atoms with Crippen molar-refractivity contribution in [3.8, 4) is 5.75 Å². The molecule has 1 aromatic rings. The minimum atomic E-state index is -1.02. The third-order valence-electron chi connectivity index (χ3n) is 2.04. The van der Waals surface area contributed by atoms with Gasteiger partial charge >= 0.3 is 5.97 Å². The Labute approximate surface area is 107 Å². The Hall–Kier alpha value is -1.56. The van der Waals surface area contributed by atoms with Crippen molar-refractivity contribution in [2.24, 2.45) is 0 Å². The number of aromatic carboxylic acids is 1. The fourth-order valence-electron chi connectivity index (χ4n) is 1.13. The molecule has 1 rings (SSSR count). The van der Waals surface area contributed by atoms with Crippen LogP contribution in [0.15, 0.2) is 22.7 Å². The number of carboxylic acids is 1. The van der Waals surface area contributed by atoms with Crippen LogP contribution in [0, 0.1) is 0 Å². The topological polar surface area (TPSA) is 75.6 Å². The number of benzene rings is 1. The van der Waals surface area contributed by atoms with E-state index in [1.807, 2.05) is 0 Å². The number of carbonyl (C=O) groups is 2. The quantitative estimate of drug-likeness (QED) is 0.867. The monoisotopic (exact) mass is 301 g/mol. The maximum Gasteiger partial charge on any atom is 0.335 e. The van der Waals surface area contributed by atoms with E-state index in [2.05, 4.69) is 21.2 Å². The van der Waals surface area contributed by atoms with Gasteiger partial charge in [-0.05, 0) is 34.1 Å². The molecule has 0 spiro atoms. The predicted octanol–water partition coefficient (Wildman–Crippen LogP) is 1.66. The largest absolute Gasteiger partial charge is 0.492 e. The second-order valence-corrected chi connectivity index (χ2v) is 4.08. The van der Waals surface area contributed by atoms with E-state index in [-0.39, 0.29) is 24.5 Å². The van der Waals surface area contributed by atoms with E-state index in [0.29, 0.717) is 10.2 Å². The molecular formula is C11H12BrNO4. The molecule has 0 aliphatic rings. The molecule has 5 nitrogen and oxygen atoms in total. The van der Waals surface area contributed by atoms with E-state index in [0.717, 1.165) is 0 Å². The van der Waals surface area contributed by atoms with Gasteiger partial charge in [0.25, 0.3) is 0 Å². The van der Waals surface area contributed by atoms with Crippen LogP contribution in [0.3, 0.4) is 0 Å². The lowest BCUT2D eigenvalue weighted by molar-refractivity contribution is -0.121. The first-order valence-electron chi connectivity index (χ1n) is 4.91. The summed E-state index contributed by atoms with van der Waals surface area (Å²) in [5.74, 6) is -0.738. The van der Waals surface area contributed by atoms with Crippen molar-refractivity contribution in [3.05, 3.63) is 28.2 Å². The zero-order valence-corrected chi connectivity index (χ0v) is 10.8. The lowest BCUT2D eigenvalue weighted by Gasteiger charge is -2.08. The van der Waals surface area contributed by atoms with Gasteiger partial charge in [-0.2, -0.15) is 0 Å². The molecule has 1 amide bonds.